The summed E-state index contributed by atoms with van der Waals surface area (Å²) < 4.78 is 5.48. The lowest BCUT2D eigenvalue weighted by Crippen LogP contribution is -2.57. The summed E-state index contributed by atoms with van der Waals surface area (Å²) in [6, 6.07) is 16.4. The molecule has 0 spiro atoms. The van der Waals surface area contributed by atoms with Gasteiger partial charge in [-0.1, -0.05) is 36.4 Å². The average Bonchev–Trinajstić information content (AvgIpc) is 2.96. The van der Waals surface area contributed by atoms with Crippen molar-refractivity contribution in [1.82, 2.24) is 15.1 Å². The Hall–Kier alpha value is -2.90. The second-order valence-electron chi connectivity index (χ2n) is 11.5. The van der Waals surface area contributed by atoms with Crippen molar-refractivity contribution in [1.29, 1.82) is 0 Å². The molecule has 212 valence electrons. The molecule has 1 aliphatic carbocycles. The molecule has 1 saturated heterocycles. The molecule has 3 N–H and O–H groups in total. The molecule has 7 heteroatoms. The number of rotatable bonds is 10. The third kappa shape index (κ3) is 7.83. The molecule has 4 rings (SSSR count). The summed E-state index contributed by atoms with van der Waals surface area (Å²) in [5, 5.41) is 3.22. The van der Waals surface area contributed by atoms with Crippen LogP contribution in [-0.4, -0.2) is 60.4 Å². The average molecular weight is 535 g/mol. The number of hydrogen-bond acceptors (Lipinski definition) is 5. The molecular weight excluding hydrogens is 488 g/mol. The van der Waals surface area contributed by atoms with E-state index in [4.69, 9.17) is 10.5 Å². The van der Waals surface area contributed by atoms with Gasteiger partial charge in [0.1, 0.15) is 11.8 Å². The maximum Gasteiger partial charge on any atom is 0.242 e. The van der Waals surface area contributed by atoms with Gasteiger partial charge in [0.15, 0.2) is 0 Å². The van der Waals surface area contributed by atoms with E-state index in [1.165, 1.54) is 16.7 Å². The molecule has 2 aliphatic rings. The first kappa shape index (κ1) is 29.1. The van der Waals surface area contributed by atoms with E-state index >= 15 is 0 Å². The fourth-order valence-electron chi connectivity index (χ4n) is 6.26. The van der Waals surface area contributed by atoms with E-state index in [9.17, 15) is 9.59 Å². The standard InChI is InChI=1S/C32H46N4O3/c1-23-7-4-5-9-28(23)22-35(21-27-8-6-10-30(17-27)39-3)29-15-16-36(24(2)37)31(18-29)32(38)34-20-26-13-11-25(19-33)12-14-26/h4-10,17,25-26,29,31H,11-16,18-22,33H2,1-3H3,(H,34,38)/t25?,26?,29?,31-/m1/s1. The third-order valence-corrected chi connectivity index (χ3v) is 8.82. The molecule has 1 unspecified atom stereocenters. The lowest BCUT2D eigenvalue weighted by molar-refractivity contribution is -0.142. The number of amides is 2. The van der Waals surface area contributed by atoms with Crippen LogP contribution in [0.25, 0.3) is 0 Å². The van der Waals surface area contributed by atoms with Gasteiger partial charge in [0.2, 0.25) is 11.8 Å². The molecule has 1 saturated carbocycles. The molecule has 7 nitrogen and oxygen atoms in total. The van der Waals surface area contributed by atoms with Crippen LogP contribution in [0.4, 0.5) is 0 Å². The molecule has 2 fully saturated rings. The lowest BCUT2D eigenvalue weighted by atomic mass is 9.82. The van der Waals surface area contributed by atoms with E-state index in [0.29, 0.717) is 31.3 Å². The van der Waals surface area contributed by atoms with E-state index in [1.54, 1.807) is 18.9 Å². The fraction of sp³-hybridized carbons (Fsp3) is 0.562. The number of nitrogens with two attached hydrogens (primary N) is 1. The Morgan fingerprint density at radius 2 is 1.77 bits per heavy atom. The number of carbonyl (C=O) groups is 2. The van der Waals surface area contributed by atoms with Gasteiger partial charge in [-0.05, 0) is 92.7 Å². The van der Waals surface area contributed by atoms with Crippen molar-refractivity contribution >= 4 is 11.8 Å². The van der Waals surface area contributed by atoms with Crippen molar-refractivity contribution in [3.63, 3.8) is 0 Å². The van der Waals surface area contributed by atoms with Crippen LogP contribution in [0.2, 0.25) is 0 Å². The van der Waals surface area contributed by atoms with Crippen molar-refractivity contribution in [2.75, 3.05) is 26.7 Å². The van der Waals surface area contributed by atoms with E-state index in [0.717, 1.165) is 57.5 Å². The number of nitrogens with zero attached hydrogens (tertiary/aromatic N) is 2. The lowest BCUT2D eigenvalue weighted by Gasteiger charge is -2.43. The molecule has 39 heavy (non-hydrogen) atoms. The Morgan fingerprint density at radius 1 is 1.03 bits per heavy atom. The zero-order valence-electron chi connectivity index (χ0n) is 23.9. The number of benzene rings is 2. The quantitative estimate of drug-likeness (QED) is 0.475. The summed E-state index contributed by atoms with van der Waals surface area (Å²) in [5.74, 6) is 1.90. The highest BCUT2D eigenvalue weighted by Gasteiger charge is 2.37. The van der Waals surface area contributed by atoms with Crippen LogP contribution < -0.4 is 15.8 Å². The van der Waals surface area contributed by atoms with Gasteiger partial charge in [-0.15, -0.1) is 0 Å². The smallest absolute Gasteiger partial charge is 0.242 e. The van der Waals surface area contributed by atoms with E-state index in [1.807, 2.05) is 12.1 Å². The zero-order valence-corrected chi connectivity index (χ0v) is 23.9. The molecule has 2 aromatic carbocycles. The summed E-state index contributed by atoms with van der Waals surface area (Å²) in [4.78, 5) is 30.4. The summed E-state index contributed by atoms with van der Waals surface area (Å²) >= 11 is 0. The first-order valence-corrected chi connectivity index (χ1v) is 14.5. The first-order chi connectivity index (χ1) is 18.9. The number of likely N-dealkylation sites (tertiary alicyclic amines) is 1. The predicted molar refractivity (Wildman–Crippen MR) is 155 cm³/mol. The molecule has 2 aromatic rings. The molecule has 0 bridgehead atoms. The largest absolute Gasteiger partial charge is 0.497 e. The number of aryl methyl sites for hydroxylation is 1. The Bertz CT molecular complexity index is 1100. The van der Waals surface area contributed by atoms with Crippen LogP contribution in [0.5, 0.6) is 5.75 Å². The Balaban J connectivity index is 1.49. The molecule has 1 aliphatic heterocycles. The number of piperidine rings is 1. The molecule has 0 radical (unpaired) electrons. The van der Waals surface area contributed by atoms with Gasteiger partial charge in [0, 0.05) is 39.1 Å². The minimum Gasteiger partial charge on any atom is -0.497 e. The highest BCUT2D eigenvalue weighted by molar-refractivity contribution is 5.87. The Kier molecular flexibility index (Phi) is 10.4. The van der Waals surface area contributed by atoms with Crippen LogP contribution in [-0.2, 0) is 22.7 Å². The van der Waals surface area contributed by atoms with Gasteiger partial charge in [0.25, 0.3) is 0 Å². The number of ether oxygens (including phenoxy) is 1. The van der Waals surface area contributed by atoms with E-state index < -0.39 is 6.04 Å². The Labute approximate surface area is 234 Å². The molecule has 1 heterocycles. The Morgan fingerprint density at radius 3 is 2.46 bits per heavy atom. The molecule has 2 amide bonds. The molecule has 2 atom stereocenters. The number of methoxy groups -OCH3 is 1. The van der Waals surface area contributed by atoms with E-state index in [-0.39, 0.29) is 17.9 Å². The topological polar surface area (TPSA) is 87.9 Å². The van der Waals surface area contributed by atoms with Crippen LogP contribution in [0, 0.1) is 18.8 Å². The fourth-order valence-corrected chi connectivity index (χ4v) is 6.26. The normalized spacial score (nSPS) is 23.5. The minimum absolute atomic E-state index is 0.0203. The maximum atomic E-state index is 13.5. The van der Waals surface area contributed by atoms with Crippen molar-refractivity contribution in [2.45, 2.75) is 77.5 Å². The van der Waals surface area contributed by atoms with Gasteiger partial charge < -0.3 is 20.7 Å². The van der Waals surface area contributed by atoms with Crippen molar-refractivity contribution in [2.24, 2.45) is 17.6 Å². The van der Waals surface area contributed by atoms with Gasteiger partial charge in [-0.3, -0.25) is 14.5 Å². The summed E-state index contributed by atoms with van der Waals surface area (Å²) in [6.07, 6.45) is 5.96. The van der Waals surface area contributed by atoms with E-state index in [2.05, 4.69) is 53.5 Å². The maximum absolute atomic E-state index is 13.5. The van der Waals surface area contributed by atoms with Crippen LogP contribution in [0.3, 0.4) is 0 Å². The van der Waals surface area contributed by atoms with Crippen LogP contribution in [0.1, 0.15) is 62.1 Å². The minimum atomic E-state index is -0.452. The third-order valence-electron chi connectivity index (χ3n) is 8.82. The highest BCUT2D eigenvalue weighted by Crippen LogP contribution is 2.29. The van der Waals surface area contributed by atoms with Crippen LogP contribution >= 0.6 is 0 Å². The van der Waals surface area contributed by atoms with Gasteiger partial charge in [-0.25, -0.2) is 0 Å². The SMILES string of the molecule is COc1cccc(CN(Cc2ccccc2C)C2CCN(C(C)=O)[C@@H](C(=O)NCC3CCC(CN)CC3)C2)c1. The summed E-state index contributed by atoms with van der Waals surface area (Å²) in [7, 11) is 1.69. The zero-order chi connectivity index (χ0) is 27.8. The van der Waals surface area contributed by atoms with Gasteiger partial charge in [-0.2, -0.15) is 0 Å². The van der Waals surface area contributed by atoms with Crippen LogP contribution in [0.15, 0.2) is 48.5 Å². The summed E-state index contributed by atoms with van der Waals surface area (Å²) in [5.41, 5.74) is 9.56. The molecular formula is C32H46N4O3. The van der Waals surface area contributed by atoms with Gasteiger partial charge in [0.05, 0.1) is 7.11 Å². The predicted octanol–water partition coefficient (Wildman–Crippen LogP) is 4.27. The molecule has 0 aromatic heterocycles. The van der Waals surface area contributed by atoms with Crippen molar-refractivity contribution in [3.8, 4) is 5.75 Å². The number of hydrogen-bond donors (Lipinski definition) is 2. The monoisotopic (exact) mass is 534 g/mol. The van der Waals surface area contributed by atoms with Crippen molar-refractivity contribution < 1.29 is 14.3 Å². The first-order valence-electron chi connectivity index (χ1n) is 14.5. The number of nitrogens with one attached hydrogen (secondary N) is 1. The number of carbonyl (C=O) groups excluding carboxylic acids is 2. The van der Waals surface area contributed by atoms with Crippen molar-refractivity contribution in [3.05, 3.63) is 65.2 Å². The second-order valence-corrected chi connectivity index (χ2v) is 11.5. The van der Waals surface area contributed by atoms with Gasteiger partial charge >= 0.3 is 0 Å². The summed E-state index contributed by atoms with van der Waals surface area (Å²) in [6.45, 7) is 7.28. The highest BCUT2D eigenvalue weighted by atomic mass is 16.5. The second kappa shape index (κ2) is 13.9.